The van der Waals surface area contributed by atoms with Gasteiger partial charge in [-0.3, -0.25) is 9.79 Å². The number of ketones is 1. The van der Waals surface area contributed by atoms with E-state index in [0.29, 0.717) is 5.56 Å². The second-order valence-electron chi connectivity index (χ2n) is 3.64. The topological polar surface area (TPSA) is 29.4 Å². The molecule has 6 heteroatoms. The maximum Gasteiger partial charge on any atom is 0.416 e. The molecular formula is C11H7BrF3NO. The number of alkyl halides is 4. The molecular weight excluding hydrogens is 299 g/mol. The number of halogens is 4. The van der Waals surface area contributed by atoms with Crippen molar-refractivity contribution < 1.29 is 18.0 Å². The third kappa shape index (κ3) is 2.41. The van der Waals surface area contributed by atoms with Gasteiger partial charge in [-0.15, -0.1) is 0 Å². The van der Waals surface area contributed by atoms with E-state index in [1.165, 1.54) is 18.3 Å². The molecule has 0 amide bonds. The van der Waals surface area contributed by atoms with E-state index in [9.17, 15) is 18.0 Å². The number of benzene rings is 1. The van der Waals surface area contributed by atoms with Gasteiger partial charge in [0.15, 0.2) is 10.7 Å². The maximum atomic E-state index is 12.5. The molecule has 17 heavy (non-hydrogen) atoms. The van der Waals surface area contributed by atoms with Crippen LogP contribution in [0.1, 0.15) is 17.0 Å². The quantitative estimate of drug-likeness (QED) is 0.579. The zero-order valence-corrected chi connectivity index (χ0v) is 9.99. The molecule has 1 aromatic carbocycles. The molecule has 0 bridgehead atoms. The van der Waals surface area contributed by atoms with Gasteiger partial charge in [0.05, 0.1) is 11.5 Å². The molecule has 2 nitrogen and oxygen atoms in total. The average molecular weight is 306 g/mol. The zero-order valence-electron chi connectivity index (χ0n) is 8.41. The Kier molecular flexibility index (Phi) is 3.07. The fourth-order valence-corrected chi connectivity index (χ4v) is 2.04. The van der Waals surface area contributed by atoms with E-state index in [2.05, 4.69) is 20.9 Å². The predicted octanol–water partition coefficient (Wildman–Crippen LogP) is 3.16. The minimum absolute atomic E-state index is 0.246. The van der Waals surface area contributed by atoms with Gasteiger partial charge in [0, 0.05) is 6.21 Å². The smallest absolute Gasteiger partial charge is 0.295 e. The summed E-state index contributed by atoms with van der Waals surface area (Å²) in [5.74, 6) is -0.939. The van der Waals surface area contributed by atoms with Crippen LogP contribution in [0.4, 0.5) is 13.2 Å². The van der Waals surface area contributed by atoms with Gasteiger partial charge < -0.3 is 0 Å². The first-order chi connectivity index (χ1) is 7.89. The number of carbonyl (C=O) groups is 1. The summed E-state index contributed by atoms with van der Waals surface area (Å²) in [6, 6.07) is 4.75. The van der Waals surface area contributed by atoms with Gasteiger partial charge in [0.25, 0.3) is 0 Å². The van der Waals surface area contributed by atoms with Crippen LogP contribution in [-0.2, 0) is 11.0 Å². The molecule has 0 saturated heterocycles. The molecule has 0 radical (unpaired) electrons. The molecule has 1 aromatic rings. The second kappa shape index (κ2) is 4.25. The van der Waals surface area contributed by atoms with E-state index < -0.39 is 22.6 Å². The third-order valence-electron chi connectivity index (χ3n) is 2.48. The number of hydrogen-bond donors (Lipinski definition) is 0. The van der Waals surface area contributed by atoms with Crippen molar-refractivity contribution in [2.24, 2.45) is 4.99 Å². The fourth-order valence-electron chi connectivity index (χ4n) is 1.62. The van der Waals surface area contributed by atoms with Crippen molar-refractivity contribution in [2.75, 3.05) is 0 Å². The highest BCUT2D eigenvalue weighted by atomic mass is 79.9. The molecule has 90 valence electrons. The van der Waals surface area contributed by atoms with Gasteiger partial charge >= 0.3 is 6.18 Å². The predicted molar refractivity (Wildman–Crippen MR) is 60.4 cm³/mol. The Morgan fingerprint density at radius 3 is 2.53 bits per heavy atom. The number of nitrogens with zero attached hydrogens (tertiary/aromatic N) is 1. The van der Waals surface area contributed by atoms with Crippen LogP contribution in [0.25, 0.3) is 0 Å². The second-order valence-corrected chi connectivity index (χ2v) is 4.50. The lowest BCUT2D eigenvalue weighted by Gasteiger charge is -2.11. The standard InChI is InChI=1S/C11H7BrF3NO/c12-10-9(17)8(5-16-10)6-2-1-3-7(4-6)11(13,14)15/h1-5,8,10H. The normalized spacial score (nSPS) is 24.4. The lowest BCUT2D eigenvalue weighted by molar-refractivity contribution is -0.137. The summed E-state index contributed by atoms with van der Waals surface area (Å²) in [6.07, 6.45) is -3.03. The molecule has 2 unspecified atom stereocenters. The Hall–Kier alpha value is -1.17. The highest BCUT2D eigenvalue weighted by Gasteiger charge is 2.34. The minimum atomic E-state index is -4.40. The minimum Gasteiger partial charge on any atom is -0.295 e. The highest BCUT2D eigenvalue weighted by molar-refractivity contribution is 9.10. The maximum absolute atomic E-state index is 12.5. The van der Waals surface area contributed by atoms with Crippen LogP contribution < -0.4 is 0 Å². The molecule has 2 rings (SSSR count). The van der Waals surface area contributed by atoms with E-state index in [-0.39, 0.29) is 5.78 Å². The third-order valence-corrected chi connectivity index (χ3v) is 3.17. The van der Waals surface area contributed by atoms with Gasteiger partial charge in [-0.05, 0) is 11.6 Å². The fraction of sp³-hybridized carbons (Fsp3) is 0.273. The van der Waals surface area contributed by atoms with Crippen LogP contribution in [0, 0.1) is 0 Å². The van der Waals surface area contributed by atoms with Crippen LogP contribution in [0.15, 0.2) is 29.3 Å². The molecule has 0 saturated carbocycles. The van der Waals surface area contributed by atoms with Crippen LogP contribution >= 0.6 is 15.9 Å². The summed E-state index contributed by atoms with van der Waals surface area (Å²) >= 11 is 3.03. The van der Waals surface area contributed by atoms with Crippen LogP contribution in [0.5, 0.6) is 0 Å². The first kappa shape index (κ1) is 12.3. The monoisotopic (exact) mass is 305 g/mol. The van der Waals surface area contributed by atoms with Gasteiger partial charge in [0.1, 0.15) is 0 Å². The zero-order chi connectivity index (χ0) is 12.6. The first-order valence-electron chi connectivity index (χ1n) is 4.78. The Morgan fingerprint density at radius 2 is 2.00 bits per heavy atom. The summed E-state index contributed by atoms with van der Waals surface area (Å²) in [4.78, 5) is 14.8. The van der Waals surface area contributed by atoms with Crippen molar-refractivity contribution >= 4 is 27.9 Å². The van der Waals surface area contributed by atoms with Crippen LogP contribution in [-0.4, -0.2) is 16.9 Å². The largest absolute Gasteiger partial charge is 0.416 e. The first-order valence-corrected chi connectivity index (χ1v) is 5.69. The Balaban J connectivity index is 2.35. The molecule has 1 heterocycles. The van der Waals surface area contributed by atoms with E-state index in [0.717, 1.165) is 12.1 Å². The Morgan fingerprint density at radius 1 is 1.29 bits per heavy atom. The van der Waals surface area contributed by atoms with E-state index in [1.54, 1.807) is 0 Å². The van der Waals surface area contributed by atoms with E-state index >= 15 is 0 Å². The van der Waals surface area contributed by atoms with Crippen molar-refractivity contribution in [3.8, 4) is 0 Å². The summed E-state index contributed by atoms with van der Waals surface area (Å²) < 4.78 is 37.5. The van der Waals surface area contributed by atoms with Crippen molar-refractivity contribution in [1.29, 1.82) is 0 Å². The summed E-state index contributed by atoms with van der Waals surface area (Å²) in [5.41, 5.74) is -0.440. The number of carbonyl (C=O) groups excluding carboxylic acids is 1. The molecule has 0 aromatic heterocycles. The molecule has 1 aliphatic heterocycles. The molecule has 0 fully saturated rings. The van der Waals surface area contributed by atoms with Crippen LogP contribution in [0.2, 0.25) is 0 Å². The van der Waals surface area contributed by atoms with Gasteiger partial charge in [-0.1, -0.05) is 34.1 Å². The van der Waals surface area contributed by atoms with Gasteiger partial charge in [0.2, 0.25) is 0 Å². The summed E-state index contributed by atoms with van der Waals surface area (Å²) in [6.45, 7) is 0. The lowest BCUT2D eigenvalue weighted by Crippen LogP contribution is -2.15. The molecule has 2 atom stereocenters. The van der Waals surface area contributed by atoms with Crippen molar-refractivity contribution in [3.05, 3.63) is 35.4 Å². The molecule has 0 N–H and O–H groups in total. The Labute approximate surface area is 104 Å². The van der Waals surface area contributed by atoms with Crippen LogP contribution in [0.3, 0.4) is 0 Å². The molecule has 1 aliphatic rings. The van der Waals surface area contributed by atoms with Gasteiger partial charge in [-0.25, -0.2) is 0 Å². The Bertz CT molecular complexity index is 484. The SMILES string of the molecule is O=C1C(Br)N=CC1c1cccc(C(F)(F)F)c1. The van der Waals surface area contributed by atoms with Crippen molar-refractivity contribution in [2.45, 2.75) is 17.0 Å². The number of rotatable bonds is 1. The lowest BCUT2D eigenvalue weighted by atomic mass is 9.96. The van der Waals surface area contributed by atoms with E-state index in [4.69, 9.17) is 0 Å². The van der Waals surface area contributed by atoms with Crippen molar-refractivity contribution in [1.82, 2.24) is 0 Å². The van der Waals surface area contributed by atoms with Gasteiger partial charge in [-0.2, -0.15) is 13.2 Å². The van der Waals surface area contributed by atoms with Crippen molar-refractivity contribution in [3.63, 3.8) is 0 Å². The number of Topliss-reactive ketones (excluding diaryl/α,β-unsaturated/α-hetero) is 1. The molecule has 0 aliphatic carbocycles. The number of hydrogen-bond acceptors (Lipinski definition) is 2. The highest BCUT2D eigenvalue weighted by Crippen LogP contribution is 2.32. The van der Waals surface area contributed by atoms with E-state index in [1.807, 2.05) is 0 Å². The summed E-state index contributed by atoms with van der Waals surface area (Å²) in [5, 5.41) is 0. The number of aliphatic imine (C=N–C) groups is 1. The summed E-state index contributed by atoms with van der Waals surface area (Å²) in [7, 11) is 0. The molecule has 0 spiro atoms. The average Bonchev–Trinajstić information content (AvgIpc) is 2.59.